The van der Waals surface area contributed by atoms with Crippen LogP contribution in [0.1, 0.15) is 18.2 Å². The van der Waals surface area contributed by atoms with Crippen LogP contribution in [0.5, 0.6) is 0 Å². The van der Waals surface area contributed by atoms with E-state index in [1.54, 1.807) is 4.68 Å². The summed E-state index contributed by atoms with van der Waals surface area (Å²) in [5.74, 6) is 0. The topological polar surface area (TPSA) is 47.0 Å². The summed E-state index contributed by atoms with van der Waals surface area (Å²) in [6.07, 6.45) is 0. The second-order valence-corrected chi connectivity index (χ2v) is 2.70. The molecule has 4 heteroatoms. The Bertz CT molecular complexity index is 311. The van der Waals surface area contributed by atoms with E-state index in [4.69, 9.17) is 4.74 Å². The van der Waals surface area contributed by atoms with Gasteiger partial charge in [0.25, 0.3) is 5.56 Å². The van der Waals surface area contributed by atoms with E-state index in [0.29, 0.717) is 13.2 Å². The van der Waals surface area contributed by atoms with Gasteiger partial charge in [-0.1, -0.05) is 0 Å². The van der Waals surface area contributed by atoms with Crippen LogP contribution >= 0.6 is 0 Å². The first-order valence-electron chi connectivity index (χ1n) is 3.99. The summed E-state index contributed by atoms with van der Waals surface area (Å²) in [6.45, 7) is 4.84. The fraction of sp³-hybridized carbons (Fsp3) is 0.625. The van der Waals surface area contributed by atoms with Crippen molar-refractivity contribution < 1.29 is 4.74 Å². The Morgan fingerprint density at radius 2 is 2.25 bits per heavy atom. The number of aromatic amines is 1. The lowest BCUT2D eigenvalue weighted by molar-refractivity contribution is 0.133. The first-order valence-corrected chi connectivity index (χ1v) is 3.99. The van der Waals surface area contributed by atoms with Crippen molar-refractivity contribution in [3.63, 3.8) is 0 Å². The van der Waals surface area contributed by atoms with Gasteiger partial charge < -0.3 is 4.74 Å². The van der Waals surface area contributed by atoms with Gasteiger partial charge in [0, 0.05) is 19.3 Å². The standard InChI is InChI=1S/C8H14N2O2/c1-4-12-5-7-6(2)10(3)9-8(7)11/h4-5H2,1-3H3,(H,9,11). The molecule has 0 amide bonds. The maximum absolute atomic E-state index is 11.2. The number of H-pyrrole nitrogens is 1. The number of aromatic nitrogens is 2. The predicted octanol–water partition coefficient (Wildman–Crippen LogP) is 0.558. The van der Waals surface area contributed by atoms with Crippen molar-refractivity contribution >= 4 is 0 Å². The van der Waals surface area contributed by atoms with Crippen LogP contribution < -0.4 is 5.56 Å². The third-order valence-electron chi connectivity index (χ3n) is 1.93. The predicted molar refractivity (Wildman–Crippen MR) is 46.1 cm³/mol. The van der Waals surface area contributed by atoms with Crippen molar-refractivity contribution in [2.75, 3.05) is 6.61 Å². The van der Waals surface area contributed by atoms with Crippen LogP contribution in [-0.2, 0) is 18.4 Å². The number of ether oxygens (including phenoxy) is 1. The Kier molecular flexibility index (Phi) is 2.70. The molecule has 1 rings (SSSR count). The van der Waals surface area contributed by atoms with Crippen molar-refractivity contribution in [2.24, 2.45) is 7.05 Å². The van der Waals surface area contributed by atoms with Crippen molar-refractivity contribution in [3.05, 3.63) is 21.6 Å². The number of hydrogen-bond acceptors (Lipinski definition) is 2. The molecule has 0 saturated carbocycles. The van der Waals surface area contributed by atoms with Crippen LogP contribution in [0.2, 0.25) is 0 Å². The minimum atomic E-state index is -0.0524. The van der Waals surface area contributed by atoms with E-state index < -0.39 is 0 Å². The number of aryl methyl sites for hydroxylation is 1. The van der Waals surface area contributed by atoms with Crippen molar-refractivity contribution in [1.29, 1.82) is 0 Å². The average Bonchev–Trinajstić information content (AvgIpc) is 2.25. The molecule has 0 atom stereocenters. The summed E-state index contributed by atoms with van der Waals surface area (Å²) in [7, 11) is 1.81. The number of hydrogen-bond donors (Lipinski definition) is 1. The highest BCUT2D eigenvalue weighted by atomic mass is 16.5. The van der Waals surface area contributed by atoms with Crippen LogP contribution in [0.25, 0.3) is 0 Å². The molecule has 0 fully saturated rings. The molecule has 0 aliphatic rings. The Morgan fingerprint density at radius 1 is 1.58 bits per heavy atom. The van der Waals surface area contributed by atoms with Gasteiger partial charge in [0.15, 0.2) is 0 Å². The highest BCUT2D eigenvalue weighted by Gasteiger charge is 2.07. The lowest BCUT2D eigenvalue weighted by Crippen LogP contribution is -2.08. The highest BCUT2D eigenvalue weighted by molar-refractivity contribution is 5.14. The van der Waals surface area contributed by atoms with E-state index in [2.05, 4.69) is 5.10 Å². The van der Waals surface area contributed by atoms with Gasteiger partial charge in [-0.3, -0.25) is 14.6 Å². The molecule has 1 heterocycles. The van der Waals surface area contributed by atoms with Gasteiger partial charge in [0.05, 0.1) is 12.2 Å². The Balaban J connectivity index is 2.90. The lowest BCUT2D eigenvalue weighted by Gasteiger charge is -1.99. The van der Waals surface area contributed by atoms with Crippen LogP contribution in [0.4, 0.5) is 0 Å². The summed E-state index contributed by atoms with van der Waals surface area (Å²) in [4.78, 5) is 11.2. The van der Waals surface area contributed by atoms with E-state index in [-0.39, 0.29) is 5.56 Å². The normalized spacial score (nSPS) is 10.6. The van der Waals surface area contributed by atoms with Crippen molar-refractivity contribution in [1.82, 2.24) is 9.78 Å². The summed E-state index contributed by atoms with van der Waals surface area (Å²) in [5.41, 5.74) is 1.61. The Hall–Kier alpha value is -1.03. The molecule has 0 radical (unpaired) electrons. The number of nitrogens with one attached hydrogen (secondary N) is 1. The van der Waals surface area contributed by atoms with Gasteiger partial charge in [-0.05, 0) is 13.8 Å². The average molecular weight is 170 g/mol. The summed E-state index contributed by atoms with van der Waals surface area (Å²) < 4.78 is 6.87. The monoisotopic (exact) mass is 170 g/mol. The second-order valence-electron chi connectivity index (χ2n) is 2.70. The van der Waals surface area contributed by atoms with Crippen molar-refractivity contribution in [2.45, 2.75) is 20.5 Å². The molecule has 68 valence electrons. The molecule has 0 bridgehead atoms. The molecule has 4 nitrogen and oxygen atoms in total. The van der Waals surface area contributed by atoms with Crippen LogP contribution in [-0.4, -0.2) is 16.4 Å². The van der Waals surface area contributed by atoms with E-state index in [9.17, 15) is 4.79 Å². The van der Waals surface area contributed by atoms with E-state index in [1.807, 2.05) is 20.9 Å². The molecular formula is C8H14N2O2. The minimum absolute atomic E-state index is 0.0524. The van der Waals surface area contributed by atoms with E-state index in [0.717, 1.165) is 11.3 Å². The van der Waals surface area contributed by atoms with Crippen molar-refractivity contribution in [3.8, 4) is 0 Å². The molecule has 0 spiro atoms. The zero-order valence-corrected chi connectivity index (χ0v) is 7.68. The van der Waals surface area contributed by atoms with Gasteiger partial charge in [-0.2, -0.15) is 0 Å². The fourth-order valence-corrected chi connectivity index (χ4v) is 1.04. The van der Waals surface area contributed by atoms with Gasteiger partial charge in [-0.25, -0.2) is 0 Å². The summed E-state index contributed by atoms with van der Waals surface area (Å²) in [5, 5.41) is 2.67. The third kappa shape index (κ3) is 1.58. The zero-order chi connectivity index (χ0) is 9.14. The largest absolute Gasteiger partial charge is 0.377 e. The quantitative estimate of drug-likeness (QED) is 0.720. The van der Waals surface area contributed by atoms with Gasteiger partial charge in [0.1, 0.15) is 0 Å². The smallest absolute Gasteiger partial charge is 0.269 e. The molecule has 1 aromatic heterocycles. The number of nitrogens with zero attached hydrogens (tertiary/aromatic N) is 1. The van der Waals surface area contributed by atoms with Crippen LogP contribution in [0.15, 0.2) is 4.79 Å². The maximum atomic E-state index is 11.2. The molecule has 1 aromatic rings. The molecule has 0 unspecified atom stereocenters. The summed E-state index contributed by atoms with van der Waals surface area (Å²) in [6, 6.07) is 0. The third-order valence-corrected chi connectivity index (χ3v) is 1.93. The molecule has 0 aromatic carbocycles. The SMILES string of the molecule is CCOCc1c(C)n(C)[nH]c1=O. The first kappa shape index (κ1) is 9.06. The van der Waals surface area contributed by atoms with E-state index in [1.165, 1.54) is 0 Å². The molecule has 12 heavy (non-hydrogen) atoms. The van der Waals surface area contributed by atoms with Crippen LogP contribution in [0, 0.1) is 6.92 Å². The van der Waals surface area contributed by atoms with Gasteiger partial charge in [-0.15, -0.1) is 0 Å². The van der Waals surface area contributed by atoms with E-state index >= 15 is 0 Å². The number of rotatable bonds is 3. The van der Waals surface area contributed by atoms with Gasteiger partial charge in [0.2, 0.25) is 0 Å². The second kappa shape index (κ2) is 3.58. The first-order chi connectivity index (χ1) is 5.66. The molecular weight excluding hydrogens is 156 g/mol. The fourth-order valence-electron chi connectivity index (χ4n) is 1.04. The summed E-state index contributed by atoms with van der Waals surface area (Å²) >= 11 is 0. The lowest BCUT2D eigenvalue weighted by atomic mass is 10.3. The minimum Gasteiger partial charge on any atom is -0.377 e. The highest BCUT2D eigenvalue weighted by Crippen LogP contribution is 2.01. The molecule has 1 N–H and O–H groups in total. The zero-order valence-electron chi connectivity index (χ0n) is 7.68. The van der Waals surface area contributed by atoms with Crippen LogP contribution in [0.3, 0.4) is 0 Å². The Labute approximate surface area is 71.1 Å². The molecule has 0 saturated heterocycles. The Morgan fingerprint density at radius 3 is 2.67 bits per heavy atom. The molecule has 0 aliphatic carbocycles. The van der Waals surface area contributed by atoms with Gasteiger partial charge >= 0.3 is 0 Å². The maximum Gasteiger partial charge on any atom is 0.269 e. The molecule has 0 aliphatic heterocycles.